The van der Waals surface area contributed by atoms with Crippen molar-refractivity contribution in [2.45, 2.75) is 13.5 Å². The second-order valence-electron chi connectivity index (χ2n) is 5.82. The number of nitrogens with one attached hydrogen (secondary N) is 3. The zero-order valence-corrected chi connectivity index (χ0v) is 14.2. The third-order valence-electron chi connectivity index (χ3n) is 4.13. The molecule has 0 aliphatic carbocycles. The first-order valence-corrected chi connectivity index (χ1v) is 8.44. The smallest absolute Gasteiger partial charge is 0.321 e. The predicted molar refractivity (Wildman–Crippen MR) is 99.0 cm³/mol. The van der Waals surface area contributed by atoms with Crippen LogP contribution >= 0.6 is 0 Å². The lowest BCUT2D eigenvalue weighted by atomic mass is 10.1. The van der Waals surface area contributed by atoms with Gasteiger partial charge < -0.3 is 16.0 Å². The van der Waals surface area contributed by atoms with E-state index < -0.39 is 0 Å². The van der Waals surface area contributed by atoms with Crippen molar-refractivity contribution in [3.8, 4) is 0 Å². The summed E-state index contributed by atoms with van der Waals surface area (Å²) < 4.78 is 0. The second-order valence-corrected chi connectivity index (χ2v) is 5.82. The number of hydrogen-bond donors (Lipinski definition) is 3. The number of nitrogens with zero attached hydrogens (tertiary/aromatic N) is 1. The molecule has 130 valence electrons. The average Bonchev–Trinajstić information content (AvgIpc) is 3.07. The zero-order chi connectivity index (χ0) is 17.6. The van der Waals surface area contributed by atoms with Gasteiger partial charge in [0.15, 0.2) is 0 Å². The summed E-state index contributed by atoms with van der Waals surface area (Å²) in [7, 11) is 0. The van der Waals surface area contributed by atoms with E-state index >= 15 is 0 Å². The molecule has 1 heterocycles. The molecular formula is C19H22N4O2. The highest BCUT2D eigenvalue weighted by Crippen LogP contribution is 2.19. The van der Waals surface area contributed by atoms with E-state index in [1.807, 2.05) is 31.2 Å². The van der Waals surface area contributed by atoms with Gasteiger partial charge >= 0.3 is 6.03 Å². The number of carbonyl (C=O) groups excluding carboxylic acids is 2. The molecule has 0 unspecified atom stereocenters. The van der Waals surface area contributed by atoms with Gasteiger partial charge in [0.2, 0.25) is 0 Å². The molecular weight excluding hydrogens is 316 g/mol. The maximum atomic E-state index is 12.5. The van der Waals surface area contributed by atoms with Crippen molar-refractivity contribution in [2.75, 3.05) is 29.9 Å². The maximum absolute atomic E-state index is 12.5. The van der Waals surface area contributed by atoms with Gasteiger partial charge in [-0.3, -0.25) is 9.69 Å². The molecule has 6 nitrogen and oxygen atoms in total. The number of hydrogen-bond acceptors (Lipinski definition) is 3. The van der Waals surface area contributed by atoms with Crippen LogP contribution in [0.15, 0.2) is 48.5 Å². The quantitative estimate of drug-likeness (QED) is 0.758. The molecule has 0 saturated carbocycles. The first-order valence-electron chi connectivity index (χ1n) is 8.44. The van der Waals surface area contributed by atoms with Crippen LogP contribution in [0.1, 0.15) is 22.8 Å². The van der Waals surface area contributed by atoms with Gasteiger partial charge in [0.05, 0.1) is 0 Å². The summed E-state index contributed by atoms with van der Waals surface area (Å²) in [5, 5.41) is 8.99. The molecule has 1 fully saturated rings. The Kier molecular flexibility index (Phi) is 5.30. The van der Waals surface area contributed by atoms with E-state index in [-0.39, 0.29) is 11.9 Å². The van der Waals surface area contributed by atoms with Gasteiger partial charge in [-0.1, -0.05) is 25.1 Å². The zero-order valence-electron chi connectivity index (χ0n) is 14.2. The molecule has 0 spiro atoms. The molecule has 1 saturated heterocycles. The Morgan fingerprint density at radius 1 is 1.16 bits per heavy atom. The predicted octanol–water partition coefficient (Wildman–Crippen LogP) is 2.58. The molecule has 3 N–H and O–H groups in total. The minimum absolute atomic E-state index is 0.102. The lowest BCUT2D eigenvalue weighted by Crippen LogP contribution is -2.27. The largest absolute Gasteiger partial charge is 0.336 e. The number of benzene rings is 2. The van der Waals surface area contributed by atoms with E-state index in [4.69, 9.17) is 0 Å². The number of rotatable bonds is 6. The number of urea groups is 1. The fourth-order valence-corrected chi connectivity index (χ4v) is 2.76. The highest BCUT2D eigenvalue weighted by molar-refractivity contribution is 6.05. The van der Waals surface area contributed by atoms with E-state index in [2.05, 4.69) is 16.0 Å². The highest BCUT2D eigenvalue weighted by atomic mass is 16.2. The molecule has 0 radical (unpaired) electrons. The van der Waals surface area contributed by atoms with E-state index in [0.29, 0.717) is 25.2 Å². The van der Waals surface area contributed by atoms with Crippen LogP contribution in [0.3, 0.4) is 0 Å². The van der Waals surface area contributed by atoms with Crippen molar-refractivity contribution in [1.29, 1.82) is 0 Å². The summed E-state index contributed by atoms with van der Waals surface area (Å²) in [5.74, 6) is -0.165. The molecule has 2 aromatic rings. The van der Waals surface area contributed by atoms with Crippen LogP contribution in [-0.2, 0) is 6.54 Å². The van der Waals surface area contributed by atoms with Gasteiger partial charge in [-0.15, -0.1) is 0 Å². The van der Waals surface area contributed by atoms with Gasteiger partial charge in [-0.2, -0.15) is 0 Å². The van der Waals surface area contributed by atoms with Crippen LogP contribution in [0.2, 0.25) is 0 Å². The molecule has 0 bridgehead atoms. The second kappa shape index (κ2) is 7.81. The standard InChI is InChI=1S/C19H22N4O2/c1-2-20-13-15-5-3-4-6-17(15)22-18(24)14-7-9-16(10-8-14)23-12-11-21-19(23)25/h3-10,20H,2,11-13H2,1H3,(H,21,25)(H,22,24). The number of para-hydroxylation sites is 1. The highest BCUT2D eigenvalue weighted by Gasteiger charge is 2.21. The molecule has 0 aromatic heterocycles. The maximum Gasteiger partial charge on any atom is 0.321 e. The molecule has 25 heavy (non-hydrogen) atoms. The fraction of sp³-hybridized carbons (Fsp3) is 0.263. The van der Waals surface area contributed by atoms with Crippen LogP contribution in [0.4, 0.5) is 16.2 Å². The van der Waals surface area contributed by atoms with E-state index in [9.17, 15) is 9.59 Å². The molecule has 1 aliphatic rings. The van der Waals surface area contributed by atoms with E-state index in [1.54, 1.807) is 29.2 Å². The Labute approximate surface area is 147 Å². The lowest BCUT2D eigenvalue weighted by molar-refractivity contribution is 0.102. The summed E-state index contributed by atoms with van der Waals surface area (Å²) in [4.78, 5) is 25.9. The number of carbonyl (C=O) groups is 2. The van der Waals surface area contributed by atoms with Crippen molar-refractivity contribution >= 4 is 23.3 Å². The summed E-state index contributed by atoms with van der Waals surface area (Å²) in [6, 6.07) is 14.7. The van der Waals surface area contributed by atoms with Crippen molar-refractivity contribution in [1.82, 2.24) is 10.6 Å². The van der Waals surface area contributed by atoms with Crippen molar-refractivity contribution in [3.05, 3.63) is 59.7 Å². The molecule has 3 rings (SSSR count). The first-order chi connectivity index (χ1) is 12.2. The van der Waals surface area contributed by atoms with E-state index in [0.717, 1.165) is 23.5 Å². The SMILES string of the molecule is CCNCc1ccccc1NC(=O)c1ccc(N2CCNC2=O)cc1. The van der Waals surface area contributed by atoms with Gasteiger partial charge in [0, 0.05) is 36.6 Å². The third kappa shape index (κ3) is 3.97. The summed E-state index contributed by atoms with van der Waals surface area (Å²) in [6.45, 7) is 4.90. The van der Waals surface area contributed by atoms with Crippen LogP contribution < -0.4 is 20.9 Å². The molecule has 6 heteroatoms. The van der Waals surface area contributed by atoms with Crippen molar-refractivity contribution in [3.63, 3.8) is 0 Å². The Hall–Kier alpha value is -2.86. The Morgan fingerprint density at radius 2 is 1.92 bits per heavy atom. The number of anilines is 2. The molecule has 1 aliphatic heterocycles. The molecule has 0 atom stereocenters. The topological polar surface area (TPSA) is 73.5 Å². The third-order valence-corrected chi connectivity index (χ3v) is 4.13. The summed E-state index contributed by atoms with van der Waals surface area (Å²) in [5.41, 5.74) is 3.19. The Morgan fingerprint density at radius 3 is 2.60 bits per heavy atom. The lowest BCUT2D eigenvalue weighted by Gasteiger charge is -2.15. The van der Waals surface area contributed by atoms with Crippen molar-refractivity contribution < 1.29 is 9.59 Å². The normalized spacial score (nSPS) is 13.6. The van der Waals surface area contributed by atoms with Crippen LogP contribution in [-0.4, -0.2) is 31.6 Å². The van der Waals surface area contributed by atoms with Crippen LogP contribution in [0, 0.1) is 0 Å². The van der Waals surface area contributed by atoms with Gasteiger partial charge in [0.25, 0.3) is 5.91 Å². The fourth-order valence-electron chi connectivity index (χ4n) is 2.76. The van der Waals surface area contributed by atoms with Gasteiger partial charge in [-0.05, 0) is 42.4 Å². The van der Waals surface area contributed by atoms with Gasteiger partial charge in [-0.25, -0.2) is 4.79 Å². The first kappa shape index (κ1) is 17.0. The minimum atomic E-state index is -0.165. The monoisotopic (exact) mass is 338 g/mol. The van der Waals surface area contributed by atoms with Gasteiger partial charge in [0.1, 0.15) is 0 Å². The Bertz CT molecular complexity index is 758. The average molecular weight is 338 g/mol. The molecule has 2 aromatic carbocycles. The summed E-state index contributed by atoms with van der Waals surface area (Å²) in [6.07, 6.45) is 0. The van der Waals surface area contributed by atoms with Crippen LogP contribution in [0.25, 0.3) is 0 Å². The number of amides is 3. The van der Waals surface area contributed by atoms with Crippen LogP contribution in [0.5, 0.6) is 0 Å². The molecule has 3 amide bonds. The Balaban J connectivity index is 1.70. The summed E-state index contributed by atoms with van der Waals surface area (Å²) >= 11 is 0. The van der Waals surface area contributed by atoms with Crippen molar-refractivity contribution in [2.24, 2.45) is 0 Å². The van der Waals surface area contributed by atoms with E-state index in [1.165, 1.54) is 0 Å². The minimum Gasteiger partial charge on any atom is -0.336 e.